The summed E-state index contributed by atoms with van der Waals surface area (Å²) in [5.41, 5.74) is 0.295. The van der Waals surface area contributed by atoms with Gasteiger partial charge in [0.2, 0.25) is 0 Å². The highest BCUT2D eigenvalue weighted by Crippen LogP contribution is 2.40. The van der Waals surface area contributed by atoms with Gasteiger partial charge in [-0.15, -0.1) is 0 Å². The molecule has 108 valence electrons. The highest BCUT2D eigenvalue weighted by atomic mass is 16.5. The molecule has 5 heteroatoms. The Morgan fingerprint density at radius 3 is 3.05 bits per heavy atom. The lowest BCUT2D eigenvalue weighted by Gasteiger charge is -2.50. The molecule has 20 heavy (non-hydrogen) atoms. The fourth-order valence-corrected chi connectivity index (χ4v) is 3.14. The average molecular weight is 277 g/mol. The van der Waals surface area contributed by atoms with Gasteiger partial charge in [-0.3, -0.25) is 4.79 Å². The normalized spacial score (nSPS) is 23.9. The zero-order valence-electron chi connectivity index (χ0n) is 11.5. The van der Waals surface area contributed by atoms with Gasteiger partial charge in [-0.25, -0.2) is 0 Å². The fraction of sp³-hybridized carbons (Fsp3) is 0.533. The molecule has 1 aromatic rings. The van der Waals surface area contributed by atoms with E-state index in [2.05, 4.69) is 0 Å². The van der Waals surface area contributed by atoms with Crippen LogP contribution in [0.3, 0.4) is 0 Å². The zero-order valence-corrected chi connectivity index (χ0v) is 11.5. The van der Waals surface area contributed by atoms with E-state index in [1.807, 2.05) is 0 Å². The van der Waals surface area contributed by atoms with Crippen LogP contribution >= 0.6 is 0 Å². The van der Waals surface area contributed by atoms with Gasteiger partial charge in [0.05, 0.1) is 19.7 Å². The lowest BCUT2D eigenvalue weighted by atomic mass is 9.81. The SMILES string of the molecule is COC[C@@H]1CCOC12CN(C(=O)c1cccc(O)c1)C2. The molecule has 0 unspecified atom stereocenters. The first kappa shape index (κ1) is 13.4. The largest absolute Gasteiger partial charge is 0.508 e. The maximum atomic E-state index is 12.3. The van der Waals surface area contributed by atoms with E-state index in [4.69, 9.17) is 9.47 Å². The molecule has 0 radical (unpaired) electrons. The molecule has 2 aliphatic rings. The predicted molar refractivity (Wildman–Crippen MR) is 72.7 cm³/mol. The number of rotatable bonds is 3. The van der Waals surface area contributed by atoms with Gasteiger partial charge in [0.15, 0.2) is 0 Å². The Morgan fingerprint density at radius 1 is 1.55 bits per heavy atom. The number of nitrogens with zero attached hydrogens (tertiary/aromatic N) is 1. The number of amides is 1. The second-order valence-electron chi connectivity index (χ2n) is 5.57. The van der Waals surface area contributed by atoms with Crippen LogP contribution in [-0.2, 0) is 9.47 Å². The minimum atomic E-state index is -0.220. The molecule has 1 amide bonds. The minimum Gasteiger partial charge on any atom is -0.508 e. The van der Waals surface area contributed by atoms with Crippen molar-refractivity contribution in [2.24, 2.45) is 5.92 Å². The smallest absolute Gasteiger partial charge is 0.254 e. The summed E-state index contributed by atoms with van der Waals surface area (Å²) in [7, 11) is 1.69. The summed E-state index contributed by atoms with van der Waals surface area (Å²) < 4.78 is 11.1. The standard InChI is InChI=1S/C15H19NO4/c1-19-8-12-5-6-20-15(12)9-16(10-15)14(18)11-3-2-4-13(17)7-11/h2-4,7,12,17H,5-6,8-10H2,1H3/t12-/m0/s1. The highest BCUT2D eigenvalue weighted by molar-refractivity contribution is 5.95. The molecule has 3 rings (SSSR count). The van der Waals surface area contributed by atoms with Gasteiger partial charge in [-0.1, -0.05) is 6.07 Å². The molecule has 0 aliphatic carbocycles. The van der Waals surface area contributed by atoms with Crippen molar-refractivity contribution in [3.63, 3.8) is 0 Å². The van der Waals surface area contributed by atoms with Crippen LogP contribution < -0.4 is 0 Å². The first-order valence-corrected chi connectivity index (χ1v) is 6.86. The first-order valence-electron chi connectivity index (χ1n) is 6.86. The summed E-state index contributed by atoms with van der Waals surface area (Å²) in [6.45, 7) is 2.63. The molecule has 1 spiro atoms. The van der Waals surface area contributed by atoms with E-state index in [9.17, 15) is 9.90 Å². The number of methoxy groups -OCH3 is 1. The Bertz CT molecular complexity index is 510. The van der Waals surface area contributed by atoms with E-state index in [1.165, 1.54) is 6.07 Å². The number of aromatic hydroxyl groups is 1. The number of likely N-dealkylation sites (tertiary alicyclic amines) is 1. The molecule has 0 bridgehead atoms. The molecule has 1 atom stereocenters. The van der Waals surface area contributed by atoms with Gasteiger partial charge in [0.1, 0.15) is 11.4 Å². The van der Waals surface area contributed by atoms with Gasteiger partial charge in [0, 0.05) is 25.2 Å². The van der Waals surface area contributed by atoms with E-state index >= 15 is 0 Å². The first-order chi connectivity index (χ1) is 9.64. The molecule has 5 nitrogen and oxygen atoms in total. The van der Waals surface area contributed by atoms with Gasteiger partial charge >= 0.3 is 0 Å². The molecule has 2 fully saturated rings. The Labute approximate surface area is 118 Å². The Balaban J connectivity index is 1.66. The molecular weight excluding hydrogens is 258 g/mol. The summed E-state index contributed by atoms with van der Waals surface area (Å²) in [6.07, 6.45) is 0.988. The van der Waals surface area contributed by atoms with E-state index in [0.717, 1.165) is 13.0 Å². The van der Waals surface area contributed by atoms with Crippen LogP contribution in [0.15, 0.2) is 24.3 Å². The number of hydrogen-bond donors (Lipinski definition) is 1. The molecule has 0 aromatic heterocycles. The van der Waals surface area contributed by atoms with Crippen LogP contribution in [-0.4, -0.2) is 54.9 Å². The molecule has 2 saturated heterocycles. The Morgan fingerprint density at radius 2 is 2.35 bits per heavy atom. The van der Waals surface area contributed by atoms with E-state index in [0.29, 0.717) is 31.2 Å². The van der Waals surface area contributed by atoms with Crippen molar-refractivity contribution in [3.8, 4) is 5.75 Å². The third-order valence-electron chi connectivity index (χ3n) is 4.27. The number of phenolic OH excluding ortho intramolecular Hbond substituents is 1. The fourth-order valence-electron chi connectivity index (χ4n) is 3.14. The van der Waals surface area contributed by atoms with Gasteiger partial charge in [-0.2, -0.15) is 0 Å². The van der Waals surface area contributed by atoms with Crippen LogP contribution in [0, 0.1) is 5.92 Å². The highest BCUT2D eigenvalue weighted by Gasteiger charge is 2.54. The molecule has 0 saturated carbocycles. The van der Waals surface area contributed by atoms with Crippen molar-refractivity contribution < 1.29 is 19.4 Å². The van der Waals surface area contributed by atoms with Crippen molar-refractivity contribution in [1.29, 1.82) is 0 Å². The number of benzene rings is 1. The summed E-state index contributed by atoms with van der Waals surface area (Å²) in [5.74, 6) is 0.416. The van der Waals surface area contributed by atoms with E-state index in [-0.39, 0.29) is 17.3 Å². The Hall–Kier alpha value is -1.59. The Kier molecular flexibility index (Phi) is 3.40. The lowest BCUT2D eigenvalue weighted by Crippen LogP contribution is -2.66. The van der Waals surface area contributed by atoms with Gasteiger partial charge in [-0.05, 0) is 24.6 Å². The molecule has 1 aromatic carbocycles. The van der Waals surface area contributed by atoms with Crippen LogP contribution in [0.2, 0.25) is 0 Å². The van der Waals surface area contributed by atoms with Crippen molar-refractivity contribution in [3.05, 3.63) is 29.8 Å². The van der Waals surface area contributed by atoms with Crippen LogP contribution in [0.4, 0.5) is 0 Å². The van der Waals surface area contributed by atoms with Crippen LogP contribution in [0.5, 0.6) is 5.75 Å². The summed E-state index contributed by atoms with van der Waals surface area (Å²) in [5, 5.41) is 9.44. The topological polar surface area (TPSA) is 59.0 Å². The minimum absolute atomic E-state index is 0.0572. The van der Waals surface area contributed by atoms with E-state index < -0.39 is 0 Å². The lowest BCUT2D eigenvalue weighted by molar-refractivity contribution is -0.125. The van der Waals surface area contributed by atoms with Crippen LogP contribution in [0.25, 0.3) is 0 Å². The molecule has 1 N–H and O–H groups in total. The van der Waals surface area contributed by atoms with Gasteiger partial charge < -0.3 is 19.5 Å². The average Bonchev–Trinajstić information content (AvgIpc) is 2.80. The zero-order chi connectivity index (χ0) is 14.2. The summed E-state index contributed by atoms with van der Waals surface area (Å²) >= 11 is 0. The maximum absolute atomic E-state index is 12.3. The van der Waals surface area contributed by atoms with Gasteiger partial charge in [0.25, 0.3) is 5.91 Å². The summed E-state index contributed by atoms with van der Waals surface area (Å²) in [4.78, 5) is 14.1. The van der Waals surface area contributed by atoms with E-state index in [1.54, 1.807) is 30.2 Å². The number of phenols is 1. The predicted octanol–water partition coefficient (Wildman–Crippen LogP) is 1.27. The number of hydrogen-bond acceptors (Lipinski definition) is 4. The number of carbonyl (C=O) groups excluding carboxylic acids is 1. The quantitative estimate of drug-likeness (QED) is 0.904. The van der Waals surface area contributed by atoms with Crippen molar-refractivity contribution in [1.82, 2.24) is 4.90 Å². The van der Waals surface area contributed by atoms with Crippen molar-refractivity contribution >= 4 is 5.91 Å². The molecule has 2 heterocycles. The van der Waals surface area contributed by atoms with Crippen LogP contribution in [0.1, 0.15) is 16.8 Å². The molecular formula is C15H19NO4. The molecule has 2 aliphatic heterocycles. The monoisotopic (exact) mass is 277 g/mol. The third kappa shape index (κ3) is 2.17. The van der Waals surface area contributed by atoms with Crippen molar-refractivity contribution in [2.75, 3.05) is 33.4 Å². The number of carbonyl (C=O) groups is 1. The third-order valence-corrected chi connectivity index (χ3v) is 4.27. The maximum Gasteiger partial charge on any atom is 0.254 e. The second-order valence-corrected chi connectivity index (χ2v) is 5.57. The summed E-state index contributed by atoms with van der Waals surface area (Å²) in [6, 6.07) is 6.45. The number of ether oxygens (including phenoxy) is 2. The van der Waals surface area contributed by atoms with Crippen molar-refractivity contribution in [2.45, 2.75) is 12.0 Å². The second kappa shape index (κ2) is 5.07.